The summed E-state index contributed by atoms with van der Waals surface area (Å²) in [7, 11) is 0. The molecule has 0 amide bonds. The molecule has 1 nitrogen and oxygen atoms in total. The van der Waals surface area contributed by atoms with Gasteiger partial charge in [-0.15, -0.1) is 0 Å². The first-order valence-corrected chi connectivity index (χ1v) is 7.13. The average molecular weight is 291 g/mol. The third kappa shape index (κ3) is 6.12. The number of aldehydes is 1. The predicted octanol–water partition coefficient (Wildman–Crippen LogP) is 2.15. The van der Waals surface area contributed by atoms with Gasteiger partial charge >= 0.3 is 109 Å². The van der Waals surface area contributed by atoms with Gasteiger partial charge in [0.1, 0.15) is 0 Å². The fourth-order valence-electron chi connectivity index (χ4n) is 1.04. The van der Waals surface area contributed by atoms with E-state index in [9.17, 15) is 4.79 Å². The second-order valence-corrected chi connectivity index (χ2v) is 7.01. The molecule has 0 aliphatic heterocycles. The molecule has 1 aromatic carbocycles. The zero-order valence-corrected chi connectivity index (χ0v) is 12.1. The molecule has 0 spiro atoms. The Balaban J connectivity index is 2.75. The number of hydrogen-bond acceptors (Lipinski definition) is 1. The molecule has 0 unspecified atom stereocenters. The number of rotatable bonds is 3. The number of carbonyl (C=O) groups excluding carboxylic acids is 1. The molecular weight excluding hydrogens is 275 g/mol. The summed E-state index contributed by atoms with van der Waals surface area (Å²) in [6, 6.07) is 10.0. The van der Waals surface area contributed by atoms with E-state index in [1.54, 1.807) is 6.08 Å². The van der Waals surface area contributed by atoms with Crippen molar-refractivity contribution >= 4 is 25.7 Å². The summed E-state index contributed by atoms with van der Waals surface area (Å²) in [5, 5.41) is 0. The third-order valence-electron chi connectivity index (χ3n) is 1.76. The van der Waals surface area contributed by atoms with Crippen LogP contribution in [-0.4, -0.2) is 21.2 Å². The Labute approximate surface area is 109 Å². The van der Waals surface area contributed by atoms with Crippen molar-refractivity contribution in [1.82, 2.24) is 0 Å². The molecule has 1 aromatic rings. The van der Waals surface area contributed by atoms with Crippen LogP contribution in [0.15, 0.2) is 40.9 Å². The number of allylic oxidation sites excluding steroid dienone is 2. The van der Waals surface area contributed by atoms with Crippen LogP contribution in [0.3, 0.4) is 0 Å². The fourth-order valence-corrected chi connectivity index (χ4v) is 2.57. The molecular formula is C15H16OSe. The van der Waals surface area contributed by atoms with Crippen LogP contribution >= 0.6 is 0 Å². The Hall–Kier alpha value is -1.29. The fraction of sp³-hybridized carbons (Fsp3) is 0.267. The molecule has 0 aromatic heterocycles. The summed E-state index contributed by atoms with van der Waals surface area (Å²) in [6.07, 6.45) is 2.65. The quantitative estimate of drug-likeness (QED) is 0.361. The molecule has 0 radical (unpaired) electrons. The molecule has 1 rings (SSSR count). The van der Waals surface area contributed by atoms with Crippen molar-refractivity contribution in [3.63, 3.8) is 0 Å². The molecule has 17 heavy (non-hydrogen) atoms. The number of benzene rings is 1. The van der Waals surface area contributed by atoms with Crippen LogP contribution in [0.25, 0.3) is 0 Å². The minimum absolute atomic E-state index is 0.0236. The first kappa shape index (κ1) is 13.8. The van der Waals surface area contributed by atoms with E-state index in [0.717, 1.165) is 10.8 Å². The van der Waals surface area contributed by atoms with E-state index in [1.807, 2.05) is 30.3 Å². The van der Waals surface area contributed by atoms with Crippen molar-refractivity contribution in [2.75, 3.05) is 0 Å². The first-order valence-electron chi connectivity index (χ1n) is 5.42. The molecule has 0 saturated heterocycles. The molecule has 0 atom stereocenters. The summed E-state index contributed by atoms with van der Waals surface area (Å²) < 4.78 is 1.97. The molecule has 0 fully saturated rings. The van der Waals surface area contributed by atoms with Crippen LogP contribution in [0, 0.1) is 17.3 Å². The first-order chi connectivity index (χ1) is 8.01. The number of carbonyl (C=O) groups is 1. The van der Waals surface area contributed by atoms with Gasteiger partial charge in [0.2, 0.25) is 0 Å². The van der Waals surface area contributed by atoms with Crippen LogP contribution in [0.4, 0.5) is 0 Å². The van der Waals surface area contributed by atoms with E-state index in [4.69, 9.17) is 0 Å². The SMILES string of the molecule is CC(C)(C)C#C/C=C(/C=O)[Se]c1ccccc1. The van der Waals surface area contributed by atoms with Crippen LogP contribution in [-0.2, 0) is 4.79 Å². The van der Waals surface area contributed by atoms with Gasteiger partial charge in [0.05, 0.1) is 0 Å². The minimum atomic E-state index is -0.0236. The summed E-state index contributed by atoms with van der Waals surface area (Å²) >= 11 is 0.0512. The monoisotopic (exact) mass is 292 g/mol. The van der Waals surface area contributed by atoms with E-state index in [2.05, 4.69) is 32.6 Å². The molecule has 0 N–H and O–H groups in total. The van der Waals surface area contributed by atoms with E-state index in [-0.39, 0.29) is 20.4 Å². The molecule has 0 bridgehead atoms. The Morgan fingerprint density at radius 2 is 1.88 bits per heavy atom. The Morgan fingerprint density at radius 3 is 2.41 bits per heavy atom. The van der Waals surface area contributed by atoms with Gasteiger partial charge in [-0.3, -0.25) is 0 Å². The van der Waals surface area contributed by atoms with Crippen molar-refractivity contribution < 1.29 is 4.79 Å². The van der Waals surface area contributed by atoms with Crippen molar-refractivity contribution in [2.24, 2.45) is 5.41 Å². The zero-order chi connectivity index (χ0) is 12.7. The van der Waals surface area contributed by atoms with Crippen molar-refractivity contribution in [1.29, 1.82) is 0 Å². The van der Waals surface area contributed by atoms with E-state index in [1.165, 1.54) is 4.46 Å². The van der Waals surface area contributed by atoms with Gasteiger partial charge in [-0.1, -0.05) is 0 Å². The van der Waals surface area contributed by atoms with E-state index >= 15 is 0 Å². The second-order valence-electron chi connectivity index (χ2n) is 4.60. The van der Waals surface area contributed by atoms with Gasteiger partial charge in [0, 0.05) is 0 Å². The van der Waals surface area contributed by atoms with Gasteiger partial charge in [0.25, 0.3) is 0 Å². The van der Waals surface area contributed by atoms with Gasteiger partial charge in [-0.25, -0.2) is 0 Å². The van der Waals surface area contributed by atoms with Crippen LogP contribution in [0.1, 0.15) is 20.8 Å². The zero-order valence-electron chi connectivity index (χ0n) is 10.4. The maximum atomic E-state index is 10.9. The third-order valence-corrected chi connectivity index (χ3v) is 3.77. The normalized spacial score (nSPS) is 11.6. The van der Waals surface area contributed by atoms with Crippen molar-refractivity contribution in [3.8, 4) is 11.8 Å². The second kappa shape index (κ2) is 6.45. The van der Waals surface area contributed by atoms with Crippen LogP contribution < -0.4 is 4.46 Å². The molecule has 88 valence electrons. The molecule has 0 aliphatic rings. The molecule has 0 saturated carbocycles. The summed E-state index contributed by atoms with van der Waals surface area (Å²) in [6.45, 7) is 6.16. The van der Waals surface area contributed by atoms with Crippen molar-refractivity contribution in [3.05, 3.63) is 40.9 Å². The Morgan fingerprint density at radius 1 is 1.24 bits per heavy atom. The van der Waals surface area contributed by atoms with E-state index < -0.39 is 0 Å². The van der Waals surface area contributed by atoms with Gasteiger partial charge in [0.15, 0.2) is 0 Å². The summed E-state index contributed by atoms with van der Waals surface area (Å²) in [5.41, 5.74) is -0.0236. The Bertz CT molecular complexity index is 455. The number of hydrogen-bond donors (Lipinski definition) is 0. The average Bonchev–Trinajstić information content (AvgIpc) is 2.27. The Kier molecular flexibility index (Phi) is 5.22. The molecule has 2 heteroatoms. The topological polar surface area (TPSA) is 17.1 Å². The molecule has 0 aliphatic carbocycles. The van der Waals surface area contributed by atoms with Gasteiger partial charge < -0.3 is 0 Å². The molecule has 0 heterocycles. The summed E-state index contributed by atoms with van der Waals surface area (Å²) in [5.74, 6) is 6.07. The van der Waals surface area contributed by atoms with Crippen molar-refractivity contribution in [2.45, 2.75) is 20.8 Å². The van der Waals surface area contributed by atoms with Crippen LogP contribution in [0.5, 0.6) is 0 Å². The predicted molar refractivity (Wildman–Crippen MR) is 73.2 cm³/mol. The maximum absolute atomic E-state index is 10.9. The standard InChI is InChI=1S/C15H16OSe/c1-15(2,3)11-7-10-14(12-16)17-13-8-5-4-6-9-13/h4-6,8-10,12H,1-3H3/b14-10-. The van der Waals surface area contributed by atoms with Gasteiger partial charge in [-0.05, 0) is 0 Å². The van der Waals surface area contributed by atoms with Crippen LogP contribution in [0.2, 0.25) is 0 Å². The summed E-state index contributed by atoms with van der Waals surface area (Å²) in [4.78, 5) is 10.9. The van der Waals surface area contributed by atoms with E-state index in [0.29, 0.717) is 0 Å². The van der Waals surface area contributed by atoms with Gasteiger partial charge in [-0.2, -0.15) is 0 Å².